The number of rotatable bonds is 10. The first-order chi connectivity index (χ1) is 16.9. The molecule has 3 rings (SSSR count). The van der Waals surface area contributed by atoms with Crippen molar-refractivity contribution in [2.45, 2.75) is 32.1 Å². The predicted octanol–water partition coefficient (Wildman–Crippen LogP) is 5.86. The van der Waals surface area contributed by atoms with E-state index in [1.165, 1.54) is 0 Å². The lowest BCUT2D eigenvalue weighted by atomic mass is 10.1. The van der Waals surface area contributed by atoms with E-state index in [0.717, 1.165) is 11.1 Å². The number of ether oxygens (including phenoxy) is 2. The summed E-state index contributed by atoms with van der Waals surface area (Å²) in [5, 5.41) is 5.75. The molecule has 0 saturated carbocycles. The fourth-order valence-electron chi connectivity index (χ4n) is 3.05. The SMILES string of the molecule is O=C(CC[C@H](NC(=O)OCc1ccccc1)C(=O)Nc1ccc(Cl)c(Br)c1)OCc1ccccc1. The minimum Gasteiger partial charge on any atom is -0.461 e. The van der Waals surface area contributed by atoms with Gasteiger partial charge in [-0.3, -0.25) is 9.59 Å². The zero-order valence-corrected chi connectivity index (χ0v) is 21.1. The van der Waals surface area contributed by atoms with Crippen LogP contribution < -0.4 is 10.6 Å². The smallest absolute Gasteiger partial charge is 0.408 e. The highest BCUT2D eigenvalue weighted by atomic mass is 79.9. The Labute approximate surface area is 216 Å². The zero-order chi connectivity index (χ0) is 25.0. The number of nitrogens with one attached hydrogen (secondary N) is 2. The van der Waals surface area contributed by atoms with Crippen molar-refractivity contribution >= 4 is 51.2 Å². The van der Waals surface area contributed by atoms with Crippen LogP contribution in [0.1, 0.15) is 24.0 Å². The van der Waals surface area contributed by atoms with E-state index < -0.39 is 24.0 Å². The first kappa shape index (κ1) is 26.2. The van der Waals surface area contributed by atoms with Crippen LogP contribution in [0.25, 0.3) is 0 Å². The number of carbonyl (C=O) groups excluding carboxylic acids is 3. The van der Waals surface area contributed by atoms with E-state index in [1.54, 1.807) is 18.2 Å². The summed E-state index contributed by atoms with van der Waals surface area (Å²) in [7, 11) is 0. The maximum absolute atomic E-state index is 12.9. The van der Waals surface area contributed by atoms with Crippen LogP contribution in [0.2, 0.25) is 5.02 Å². The Morgan fingerprint density at radius 3 is 2.06 bits per heavy atom. The van der Waals surface area contributed by atoms with E-state index in [2.05, 4.69) is 26.6 Å². The summed E-state index contributed by atoms with van der Waals surface area (Å²) in [6.45, 7) is 0.173. The first-order valence-corrected chi connectivity index (χ1v) is 12.0. The molecular formula is C26H24BrClN2O5. The van der Waals surface area contributed by atoms with Crippen molar-refractivity contribution in [3.05, 3.63) is 99.5 Å². The minimum atomic E-state index is -1.03. The minimum absolute atomic E-state index is 0.0225. The van der Waals surface area contributed by atoms with Crippen LogP contribution in [0.3, 0.4) is 0 Å². The molecule has 2 N–H and O–H groups in total. The fraction of sp³-hybridized carbons (Fsp3) is 0.192. The van der Waals surface area contributed by atoms with Crippen molar-refractivity contribution in [1.29, 1.82) is 0 Å². The van der Waals surface area contributed by atoms with Gasteiger partial charge in [-0.15, -0.1) is 0 Å². The van der Waals surface area contributed by atoms with Crippen molar-refractivity contribution in [2.24, 2.45) is 0 Å². The van der Waals surface area contributed by atoms with E-state index in [1.807, 2.05) is 60.7 Å². The largest absolute Gasteiger partial charge is 0.461 e. The summed E-state index contributed by atoms with van der Waals surface area (Å²) < 4.78 is 11.1. The number of carbonyl (C=O) groups is 3. The third kappa shape index (κ3) is 9.07. The van der Waals surface area contributed by atoms with E-state index in [0.29, 0.717) is 15.2 Å². The second-order valence-electron chi connectivity index (χ2n) is 7.56. The van der Waals surface area contributed by atoms with Gasteiger partial charge in [-0.1, -0.05) is 72.3 Å². The van der Waals surface area contributed by atoms with Crippen LogP contribution in [0.15, 0.2) is 83.3 Å². The topological polar surface area (TPSA) is 93.7 Å². The number of anilines is 1. The number of amides is 2. The van der Waals surface area contributed by atoms with Crippen molar-refractivity contribution in [1.82, 2.24) is 5.32 Å². The molecule has 0 aliphatic carbocycles. The highest BCUT2D eigenvalue weighted by Crippen LogP contribution is 2.25. The number of alkyl carbamates (subject to hydrolysis) is 1. The van der Waals surface area contributed by atoms with E-state index in [9.17, 15) is 14.4 Å². The second-order valence-corrected chi connectivity index (χ2v) is 8.82. The Bertz CT molecular complexity index is 1140. The van der Waals surface area contributed by atoms with Gasteiger partial charge >= 0.3 is 12.1 Å². The molecule has 0 aromatic heterocycles. The van der Waals surface area contributed by atoms with Crippen LogP contribution in [0, 0.1) is 0 Å². The average molecular weight is 560 g/mol. The van der Waals surface area contributed by atoms with E-state index >= 15 is 0 Å². The van der Waals surface area contributed by atoms with Crippen LogP contribution in [-0.2, 0) is 32.3 Å². The lowest BCUT2D eigenvalue weighted by Gasteiger charge is -2.18. The van der Waals surface area contributed by atoms with Gasteiger partial charge in [0.2, 0.25) is 5.91 Å². The first-order valence-electron chi connectivity index (χ1n) is 10.8. The van der Waals surface area contributed by atoms with Gasteiger partial charge in [-0.05, 0) is 51.7 Å². The summed E-state index contributed by atoms with van der Waals surface area (Å²) in [6, 6.07) is 22.3. The van der Waals surface area contributed by atoms with E-state index in [-0.39, 0.29) is 26.1 Å². The third-order valence-corrected chi connectivity index (χ3v) is 6.10. The van der Waals surface area contributed by atoms with Crippen LogP contribution in [0.4, 0.5) is 10.5 Å². The Kier molecular flexibility index (Phi) is 10.1. The molecule has 0 radical (unpaired) electrons. The highest BCUT2D eigenvalue weighted by molar-refractivity contribution is 9.10. The summed E-state index contributed by atoms with van der Waals surface area (Å²) in [4.78, 5) is 37.6. The van der Waals surface area contributed by atoms with Crippen LogP contribution in [-0.4, -0.2) is 24.0 Å². The summed E-state index contributed by atoms with van der Waals surface area (Å²) in [5.74, 6) is -0.993. The molecular weight excluding hydrogens is 536 g/mol. The molecule has 0 fully saturated rings. The molecule has 35 heavy (non-hydrogen) atoms. The maximum atomic E-state index is 12.9. The van der Waals surface area contributed by atoms with Gasteiger partial charge in [0.05, 0.1) is 5.02 Å². The molecule has 182 valence electrons. The molecule has 3 aromatic carbocycles. The molecule has 0 unspecified atom stereocenters. The number of halogens is 2. The number of benzene rings is 3. The van der Waals surface area contributed by atoms with Gasteiger partial charge in [0.15, 0.2) is 0 Å². The summed E-state index contributed by atoms with van der Waals surface area (Å²) in [6.07, 6.45) is -0.827. The molecule has 2 amide bonds. The number of hydrogen-bond acceptors (Lipinski definition) is 5. The molecule has 0 aliphatic heterocycles. The number of hydrogen-bond donors (Lipinski definition) is 2. The lowest BCUT2D eigenvalue weighted by Crippen LogP contribution is -2.44. The Morgan fingerprint density at radius 1 is 0.857 bits per heavy atom. The van der Waals surface area contributed by atoms with Crippen LogP contribution >= 0.6 is 27.5 Å². The lowest BCUT2D eigenvalue weighted by molar-refractivity contribution is -0.145. The Balaban J connectivity index is 1.59. The summed E-state index contributed by atoms with van der Waals surface area (Å²) >= 11 is 9.32. The summed E-state index contributed by atoms with van der Waals surface area (Å²) in [5.41, 5.74) is 2.13. The molecule has 0 heterocycles. The molecule has 0 saturated heterocycles. The average Bonchev–Trinajstić information content (AvgIpc) is 2.87. The van der Waals surface area contributed by atoms with Crippen molar-refractivity contribution in [2.75, 3.05) is 5.32 Å². The van der Waals surface area contributed by atoms with Crippen LogP contribution in [0.5, 0.6) is 0 Å². The second kappa shape index (κ2) is 13.5. The van der Waals surface area contributed by atoms with E-state index in [4.69, 9.17) is 21.1 Å². The normalized spacial score (nSPS) is 11.3. The highest BCUT2D eigenvalue weighted by Gasteiger charge is 2.23. The molecule has 9 heteroatoms. The zero-order valence-electron chi connectivity index (χ0n) is 18.7. The van der Waals surface area contributed by atoms with Gasteiger partial charge < -0.3 is 20.1 Å². The molecule has 1 atom stereocenters. The van der Waals surface area contributed by atoms with Gasteiger partial charge in [-0.25, -0.2) is 4.79 Å². The van der Waals surface area contributed by atoms with Gasteiger partial charge in [0.25, 0.3) is 0 Å². The van der Waals surface area contributed by atoms with Crippen molar-refractivity contribution in [3.8, 4) is 0 Å². The predicted molar refractivity (Wildman–Crippen MR) is 137 cm³/mol. The van der Waals surface area contributed by atoms with Crippen molar-refractivity contribution in [3.63, 3.8) is 0 Å². The molecule has 0 aliphatic rings. The maximum Gasteiger partial charge on any atom is 0.408 e. The van der Waals surface area contributed by atoms with Gasteiger partial charge in [0.1, 0.15) is 19.3 Å². The molecule has 0 bridgehead atoms. The van der Waals surface area contributed by atoms with Crippen molar-refractivity contribution < 1.29 is 23.9 Å². The monoisotopic (exact) mass is 558 g/mol. The third-order valence-electron chi connectivity index (χ3n) is 4.89. The standard InChI is InChI=1S/C26H24BrClN2O5/c27-21-15-20(11-12-22(21)28)29-25(32)23(30-26(33)35-17-19-9-5-2-6-10-19)13-14-24(31)34-16-18-7-3-1-4-8-18/h1-12,15,23H,13-14,16-17H2,(H,29,32)(H,30,33)/t23-/m0/s1. The van der Waals surface area contributed by atoms with Gasteiger partial charge in [0, 0.05) is 16.6 Å². The van der Waals surface area contributed by atoms with Gasteiger partial charge in [-0.2, -0.15) is 0 Å². The number of esters is 1. The molecule has 3 aromatic rings. The quantitative estimate of drug-likeness (QED) is 0.304. The Hall–Kier alpha value is -3.36. The molecule has 0 spiro atoms. The fourth-order valence-corrected chi connectivity index (χ4v) is 3.55. The molecule has 7 nitrogen and oxygen atoms in total. The Morgan fingerprint density at radius 2 is 1.46 bits per heavy atom.